The summed E-state index contributed by atoms with van der Waals surface area (Å²) in [5.41, 5.74) is 4.15. The molecule has 6 nitrogen and oxygen atoms in total. The number of rotatable bonds is 4. The van der Waals surface area contributed by atoms with Crippen molar-refractivity contribution in [2.45, 2.75) is 44.1 Å². The highest BCUT2D eigenvalue weighted by Crippen LogP contribution is 2.36. The molecule has 108 valence electrons. The third-order valence-corrected chi connectivity index (χ3v) is 4.36. The van der Waals surface area contributed by atoms with Gasteiger partial charge in [0.25, 0.3) is 0 Å². The number of hydrogen-bond donors (Lipinski definition) is 3. The maximum absolute atomic E-state index is 12.1. The first-order valence-corrected chi connectivity index (χ1v) is 6.87. The van der Waals surface area contributed by atoms with Crippen LogP contribution in [0.25, 0.3) is 0 Å². The standard InChI is InChI=1S/C13H22N2O4/c14-13(6-7-19-9-13)10(16)15-8-12(11(17)18)4-2-1-3-5-12/h1-9,14H2,(H,15,16)(H,17,18). The second-order valence-electron chi connectivity index (χ2n) is 5.79. The molecule has 1 unspecified atom stereocenters. The van der Waals surface area contributed by atoms with Crippen molar-refractivity contribution >= 4 is 11.9 Å². The molecule has 0 bridgehead atoms. The summed E-state index contributed by atoms with van der Waals surface area (Å²) in [6, 6.07) is 0. The zero-order valence-electron chi connectivity index (χ0n) is 11.1. The number of ether oxygens (including phenoxy) is 1. The fourth-order valence-electron chi connectivity index (χ4n) is 2.88. The fraction of sp³-hybridized carbons (Fsp3) is 0.846. The van der Waals surface area contributed by atoms with Gasteiger partial charge in [-0.1, -0.05) is 19.3 Å². The number of carboxylic acid groups (broad SMARTS) is 1. The lowest BCUT2D eigenvalue weighted by molar-refractivity contribution is -0.151. The highest BCUT2D eigenvalue weighted by Gasteiger charge is 2.43. The molecule has 19 heavy (non-hydrogen) atoms. The van der Waals surface area contributed by atoms with Gasteiger partial charge in [0, 0.05) is 13.2 Å². The summed E-state index contributed by atoms with van der Waals surface area (Å²) < 4.78 is 5.14. The van der Waals surface area contributed by atoms with Gasteiger partial charge < -0.3 is 20.9 Å². The average molecular weight is 270 g/mol. The van der Waals surface area contributed by atoms with Crippen LogP contribution in [-0.2, 0) is 14.3 Å². The minimum Gasteiger partial charge on any atom is -0.481 e. The van der Waals surface area contributed by atoms with E-state index in [-0.39, 0.29) is 19.1 Å². The highest BCUT2D eigenvalue weighted by molar-refractivity contribution is 5.87. The molecule has 2 rings (SSSR count). The van der Waals surface area contributed by atoms with Crippen molar-refractivity contribution in [3.8, 4) is 0 Å². The molecule has 2 aliphatic rings. The van der Waals surface area contributed by atoms with Crippen LogP contribution in [0.1, 0.15) is 38.5 Å². The summed E-state index contributed by atoms with van der Waals surface area (Å²) in [5, 5.41) is 12.2. The van der Waals surface area contributed by atoms with Crippen molar-refractivity contribution in [3.63, 3.8) is 0 Å². The van der Waals surface area contributed by atoms with E-state index in [1.165, 1.54) is 0 Å². The van der Waals surface area contributed by atoms with Gasteiger partial charge in [-0.05, 0) is 19.3 Å². The van der Waals surface area contributed by atoms with E-state index < -0.39 is 16.9 Å². The van der Waals surface area contributed by atoms with E-state index in [0.717, 1.165) is 19.3 Å². The zero-order valence-corrected chi connectivity index (χ0v) is 11.1. The zero-order chi connectivity index (χ0) is 13.9. The van der Waals surface area contributed by atoms with E-state index in [4.69, 9.17) is 10.5 Å². The molecule has 0 aromatic heterocycles. The van der Waals surface area contributed by atoms with Crippen molar-refractivity contribution < 1.29 is 19.4 Å². The van der Waals surface area contributed by atoms with Crippen LogP contribution in [0.5, 0.6) is 0 Å². The third kappa shape index (κ3) is 2.90. The number of aliphatic carboxylic acids is 1. The largest absolute Gasteiger partial charge is 0.481 e. The SMILES string of the molecule is NC1(C(=O)NCC2(C(=O)O)CCCCC2)CCOC1. The average Bonchev–Trinajstić information content (AvgIpc) is 2.85. The van der Waals surface area contributed by atoms with Gasteiger partial charge in [-0.2, -0.15) is 0 Å². The van der Waals surface area contributed by atoms with Gasteiger partial charge in [-0.3, -0.25) is 9.59 Å². The Balaban J connectivity index is 1.95. The van der Waals surface area contributed by atoms with E-state index in [1.807, 2.05) is 0 Å². The fourth-order valence-corrected chi connectivity index (χ4v) is 2.88. The van der Waals surface area contributed by atoms with Gasteiger partial charge in [-0.25, -0.2) is 0 Å². The normalized spacial score (nSPS) is 29.9. The second kappa shape index (κ2) is 5.46. The van der Waals surface area contributed by atoms with E-state index in [2.05, 4.69) is 5.32 Å². The Bertz CT molecular complexity index is 358. The molecule has 0 aromatic rings. The Hall–Kier alpha value is -1.14. The predicted molar refractivity (Wildman–Crippen MR) is 68.5 cm³/mol. The van der Waals surface area contributed by atoms with Crippen LogP contribution < -0.4 is 11.1 Å². The molecular weight excluding hydrogens is 248 g/mol. The van der Waals surface area contributed by atoms with Crippen molar-refractivity contribution in [2.24, 2.45) is 11.1 Å². The molecule has 1 heterocycles. The number of carbonyl (C=O) groups is 2. The third-order valence-electron chi connectivity index (χ3n) is 4.36. The van der Waals surface area contributed by atoms with Crippen LogP contribution in [0.3, 0.4) is 0 Å². The number of nitrogens with one attached hydrogen (secondary N) is 1. The second-order valence-corrected chi connectivity index (χ2v) is 5.79. The van der Waals surface area contributed by atoms with Crippen LogP contribution in [0, 0.1) is 5.41 Å². The van der Waals surface area contributed by atoms with Crippen LogP contribution in [-0.4, -0.2) is 42.3 Å². The molecule has 6 heteroatoms. The van der Waals surface area contributed by atoms with Crippen LogP contribution in [0.2, 0.25) is 0 Å². The Morgan fingerprint density at radius 1 is 1.21 bits per heavy atom. The lowest BCUT2D eigenvalue weighted by atomic mass is 9.74. The van der Waals surface area contributed by atoms with Crippen molar-refractivity contribution in [1.82, 2.24) is 5.32 Å². The number of carboxylic acids is 1. The van der Waals surface area contributed by atoms with Crippen LogP contribution >= 0.6 is 0 Å². The van der Waals surface area contributed by atoms with E-state index in [9.17, 15) is 14.7 Å². The summed E-state index contributed by atoms with van der Waals surface area (Å²) in [4.78, 5) is 23.5. The molecule has 0 radical (unpaired) electrons. The quantitative estimate of drug-likeness (QED) is 0.680. The molecule has 0 aromatic carbocycles. The molecule has 1 aliphatic heterocycles. The molecule has 1 atom stereocenters. The number of nitrogens with two attached hydrogens (primary N) is 1. The maximum atomic E-state index is 12.1. The van der Waals surface area contributed by atoms with Crippen molar-refractivity contribution in [2.75, 3.05) is 19.8 Å². The van der Waals surface area contributed by atoms with E-state index >= 15 is 0 Å². The van der Waals surface area contributed by atoms with E-state index in [0.29, 0.717) is 25.9 Å². The van der Waals surface area contributed by atoms with Gasteiger partial charge in [0.05, 0.1) is 12.0 Å². The first-order chi connectivity index (χ1) is 8.99. The van der Waals surface area contributed by atoms with Gasteiger partial charge in [0.1, 0.15) is 5.54 Å². The monoisotopic (exact) mass is 270 g/mol. The summed E-state index contributed by atoms with van der Waals surface area (Å²) in [6.07, 6.45) is 4.60. The lowest BCUT2D eigenvalue weighted by Crippen LogP contribution is -2.57. The first-order valence-electron chi connectivity index (χ1n) is 6.87. The number of carbonyl (C=O) groups excluding carboxylic acids is 1. The highest BCUT2D eigenvalue weighted by atomic mass is 16.5. The minimum absolute atomic E-state index is 0.167. The first kappa shape index (κ1) is 14.3. The molecule has 1 saturated carbocycles. The maximum Gasteiger partial charge on any atom is 0.311 e. The van der Waals surface area contributed by atoms with Gasteiger partial charge in [-0.15, -0.1) is 0 Å². The molecule has 1 amide bonds. The molecular formula is C13H22N2O4. The minimum atomic E-state index is -0.992. The predicted octanol–water partition coefficient (Wildman–Crippen LogP) is 0.255. The number of hydrogen-bond acceptors (Lipinski definition) is 4. The smallest absolute Gasteiger partial charge is 0.311 e. The van der Waals surface area contributed by atoms with Crippen LogP contribution in [0.15, 0.2) is 0 Å². The topological polar surface area (TPSA) is 102 Å². The summed E-state index contributed by atoms with van der Waals surface area (Å²) >= 11 is 0. The van der Waals surface area contributed by atoms with Crippen LogP contribution in [0.4, 0.5) is 0 Å². The Labute approximate surface area is 112 Å². The van der Waals surface area contributed by atoms with Gasteiger partial charge >= 0.3 is 5.97 Å². The van der Waals surface area contributed by atoms with Crippen molar-refractivity contribution in [3.05, 3.63) is 0 Å². The summed E-state index contributed by atoms with van der Waals surface area (Å²) in [7, 11) is 0. The van der Waals surface area contributed by atoms with Crippen molar-refractivity contribution in [1.29, 1.82) is 0 Å². The molecule has 4 N–H and O–H groups in total. The number of amides is 1. The molecule has 2 fully saturated rings. The Kier molecular flexibility index (Phi) is 4.10. The van der Waals surface area contributed by atoms with Gasteiger partial charge in [0.2, 0.25) is 5.91 Å². The Morgan fingerprint density at radius 3 is 2.42 bits per heavy atom. The summed E-state index contributed by atoms with van der Waals surface area (Å²) in [5.74, 6) is -1.11. The lowest BCUT2D eigenvalue weighted by Gasteiger charge is -2.34. The molecule has 1 aliphatic carbocycles. The summed E-state index contributed by atoms with van der Waals surface area (Å²) in [6.45, 7) is 0.854. The Morgan fingerprint density at radius 2 is 1.89 bits per heavy atom. The molecule has 0 spiro atoms. The molecule has 1 saturated heterocycles. The van der Waals surface area contributed by atoms with E-state index in [1.54, 1.807) is 0 Å². The van der Waals surface area contributed by atoms with Gasteiger partial charge in [0.15, 0.2) is 0 Å².